The number of carboxylic acid groups (broad SMARTS) is 2. The van der Waals surface area contributed by atoms with Crippen molar-refractivity contribution in [2.45, 2.75) is 0 Å². The molecule has 0 aliphatic heterocycles. The van der Waals surface area contributed by atoms with Crippen LogP contribution in [0.15, 0.2) is 10.7 Å². The second-order valence-corrected chi connectivity index (χ2v) is 2.25. The van der Waals surface area contributed by atoms with Crippen LogP contribution < -0.4 is 0 Å². The van der Waals surface area contributed by atoms with Gasteiger partial charge >= 0.3 is 11.9 Å². The summed E-state index contributed by atoms with van der Waals surface area (Å²) in [6, 6.07) is 0. The highest BCUT2D eigenvalue weighted by molar-refractivity contribution is 6.32. The number of aromatic carboxylic acids is 2. The van der Waals surface area contributed by atoms with Crippen molar-refractivity contribution in [2.75, 3.05) is 0 Å². The molecule has 0 unspecified atom stereocenters. The maximum Gasteiger partial charge on any atom is 0.341 e. The minimum absolute atomic E-state index is 0.431. The zero-order valence-electron chi connectivity index (χ0n) is 5.57. The predicted molar refractivity (Wildman–Crippen MR) is 37.6 cm³/mol. The van der Waals surface area contributed by atoms with Gasteiger partial charge in [0.15, 0.2) is 0 Å². The van der Waals surface area contributed by atoms with Gasteiger partial charge in [-0.15, -0.1) is 0 Å². The molecule has 5 nitrogen and oxygen atoms in total. The van der Waals surface area contributed by atoms with Crippen LogP contribution in [0.25, 0.3) is 0 Å². The van der Waals surface area contributed by atoms with Crippen molar-refractivity contribution < 1.29 is 24.2 Å². The molecule has 0 atom stereocenters. The molecule has 0 spiro atoms. The third-order valence-corrected chi connectivity index (χ3v) is 1.47. The molecule has 6 heteroatoms. The lowest BCUT2D eigenvalue weighted by Crippen LogP contribution is -2.04. The number of hydrogen-bond acceptors (Lipinski definition) is 3. The van der Waals surface area contributed by atoms with Gasteiger partial charge in [0.1, 0.15) is 17.4 Å². The quantitative estimate of drug-likeness (QED) is 0.735. The van der Waals surface area contributed by atoms with E-state index in [0.29, 0.717) is 0 Å². The fraction of sp³-hybridized carbons (Fsp3) is 0. The van der Waals surface area contributed by atoms with Crippen LogP contribution in [0.4, 0.5) is 0 Å². The first kappa shape index (κ1) is 8.61. The van der Waals surface area contributed by atoms with E-state index in [2.05, 4.69) is 4.42 Å². The van der Waals surface area contributed by atoms with E-state index in [1.54, 1.807) is 0 Å². The number of carbonyl (C=O) groups is 2. The van der Waals surface area contributed by atoms with E-state index >= 15 is 0 Å². The average Bonchev–Trinajstić information content (AvgIpc) is 2.30. The van der Waals surface area contributed by atoms with Crippen LogP contribution in [0.5, 0.6) is 0 Å². The number of hydrogen-bond donors (Lipinski definition) is 2. The normalized spacial score (nSPS) is 9.75. The van der Waals surface area contributed by atoms with Crippen LogP contribution in [0.3, 0.4) is 0 Å². The molecule has 64 valence electrons. The molecular weight excluding hydrogens is 188 g/mol. The van der Waals surface area contributed by atoms with E-state index < -0.39 is 28.3 Å². The maximum absolute atomic E-state index is 10.4. The minimum Gasteiger partial charge on any atom is -0.478 e. The Morgan fingerprint density at radius 2 is 1.92 bits per heavy atom. The van der Waals surface area contributed by atoms with E-state index in [0.717, 1.165) is 6.26 Å². The van der Waals surface area contributed by atoms with Gasteiger partial charge < -0.3 is 14.6 Å². The summed E-state index contributed by atoms with van der Waals surface area (Å²) in [5.74, 6) is -2.81. The van der Waals surface area contributed by atoms with Gasteiger partial charge in [-0.25, -0.2) is 9.59 Å². The maximum atomic E-state index is 10.4. The van der Waals surface area contributed by atoms with Gasteiger partial charge in [0.2, 0.25) is 5.22 Å². The molecule has 0 saturated carbocycles. The van der Waals surface area contributed by atoms with Crippen molar-refractivity contribution in [3.05, 3.63) is 22.6 Å². The van der Waals surface area contributed by atoms with Gasteiger partial charge in [-0.1, -0.05) is 0 Å². The van der Waals surface area contributed by atoms with Crippen molar-refractivity contribution >= 4 is 23.5 Å². The Morgan fingerprint density at radius 1 is 1.33 bits per heavy atom. The third-order valence-electron chi connectivity index (χ3n) is 1.19. The van der Waals surface area contributed by atoms with Gasteiger partial charge in [-0.2, -0.15) is 0 Å². The summed E-state index contributed by atoms with van der Waals surface area (Å²) in [7, 11) is 0. The van der Waals surface area contributed by atoms with E-state index in [9.17, 15) is 9.59 Å². The van der Waals surface area contributed by atoms with Crippen molar-refractivity contribution in [1.82, 2.24) is 0 Å². The van der Waals surface area contributed by atoms with Gasteiger partial charge in [-0.3, -0.25) is 0 Å². The zero-order valence-corrected chi connectivity index (χ0v) is 6.33. The first-order chi connectivity index (χ1) is 5.54. The van der Waals surface area contributed by atoms with Crippen LogP contribution in [0.1, 0.15) is 20.7 Å². The summed E-state index contributed by atoms with van der Waals surface area (Å²) in [6.07, 6.45) is 0.786. The lowest BCUT2D eigenvalue weighted by molar-refractivity contribution is 0.0653. The van der Waals surface area contributed by atoms with Crippen molar-refractivity contribution in [3.63, 3.8) is 0 Å². The van der Waals surface area contributed by atoms with Gasteiger partial charge in [-0.05, 0) is 11.6 Å². The van der Waals surface area contributed by atoms with Crippen molar-refractivity contribution in [2.24, 2.45) is 0 Å². The summed E-state index contributed by atoms with van der Waals surface area (Å²) in [4.78, 5) is 20.8. The van der Waals surface area contributed by atoms with Gasteiger partial charge in [0.25, 0.3) is 0 Å². The Morgan fingerprint density at radius 3 is 2.25 bits per heavy atom. The summed E-state index contributed by atoms with van der Waals surface area (Å²) in [5, 5.41) is 16.5. The van der Waals surface area contributed by atoms with Crippen LogP contribution in [0, 0.1) is 0 Å². The topological polar surface area (TPSA) is 87.7 Å². The number of carboxylic acids is 2. The van der Waals surface area contributed by atoms with E-state index in [-0.39, 0.29) is 0 Å². The second kappa shape index (κ2) is 2.86. The molecule has 0 radical (unpaired) electrons. The Bertz CT molecular complexity index is 340. The largest absolute Gasteiger partial charge is 0.478 e. The average molecular weight is 191 g/mol. The summed E-state index contributed by atoms with van der Waals surface area (Å²) in [5.41, 5.74) is -0.975. The lowest BCUT2D eigenvalue weighted by Gasteiger charge is -1.90. The van der Waals surface area contributed by atoms with E-state index in [1.165, 1.54) is 0 Å². The predicted octanol–water partition coefficient (Wildman–Crippen LogP) is 1.33. The molecule has 1 rings (SSSR count). The third kappa shape index (κ3) is 1.26. The fourth-order valence-electron chi connectivity index (χ4n) is 0.691. The summed E-state index contributed by atoms with van der Waals surface area (Å²) < 4.78 is 4.42. The molecule has 1 heterocycles. The van der Waals surface area contributed by atoms with Gasteiger partial charge in [0.05, 0.1) is 0 Å². The Kier molecular flexibility index (Phi) is 2.05. The fourth-order valence-corrected chi connectivity index (χ4v) is 0.918. The van der Waals surface area contributed by atoms with E-state index in [1.807, 2.05) is 0 Å². The lowest BCUT2D eigenvalue weighted by atomic mass is 10.2. The summed E-state index contributed by atoms with van der Waals surface area (Å²) >= 11 is 5.27. The first-order valence-electron chi connectivity index (χ1n) is 2.77. The first-order valence-corrected chi connectivity index (χ1v) is 3.15. The second-order valence-electron chi connectivity index (χ2n) is 1.91. The monoisotopic (exact) mass is 190 g/mol. The molecule has 1 aromatic rings. The Labute approximate surface area is 71.2 Å². The molecule has 0 amide bonds. The molecule has 0 saturated heterocycles. The molecule has 0 aromatic carbocycles. The van der Waals surface area contributed by atoms with Crippen LogP contribution in [-0.2, 0) is 0 Å². The van der Waals surface area contributed by atoms with Crippen LogP contribution in [0.2, 0.25) is 5.22 Å². The minimum atomic E-state index is -1.42. The molecular formula is C6H3ClO5. The van der Waals surface area contributed by atoms with Gasteiger partial charge in [0, 0.05) is 0 Å². The molecule has 0 fully saturated rings. The molecule has 12 heavy (non-hydrogen) atoms. The molecule has 2 N–H and O–H groups in total. The van der Waals surface area contributed by atoms with E-state index in [4.69, 9.17) is 21.8 Å². The number of halogens is 1. The molecule has 0 aliphatic carbocycles. The highest BCUT2D eigenvalue weighted by Gasteiger charge is 2.23. The Hall–Kier alpha value is -1.49. The molecule has 0 aliphatic rings. The smallest absolute Gasteiger partial charge is 0.341 e. The highest BCUT2D eigenvalue weighted by Crippen LogP contribution is 2.22. The zero-order chi connectivity index (χ0) is 9.30. The molecule has 0 bridgehead atoms. The highest BCUT2D eigenvalue weighted by atomic mass is 35.5. The number of furan rings is 1. The van der Waals surface area contributed by atoms with Crippen LogP contribution >= 0.6 is 11.6 Å². The number of rotatable bonds is 2. The van der Waals surface area contributed by atoms with Crippen LogP contribution in [-0.4, -0.2) is 22.2 Å². The Balaban J connectivity index is 3.31. The standard InChI is InChI=1S/C6H3ClO5/c7-4-3(6(10)11)2(1-12-4)5(8)9/h1H,(H,8,9)(H,10,11). The van der Waals surface area contributed by atoms with Crippen molar-refractivity contribution in [1.29, 1.82) is 0 Å². The molecule has 1 aromatic heterocycles. The van der Waals surface area contributed by atoms with Crippen molar-refractivity contribution in [3.8, 4) is 0 Å². The summed E-state index contributed by atoms with van der Waals surface area (Å²) in [6.45, 7) is 0. The SMILES string of the molecule is O=C(O)c1coc(Cl)c1C(=O)O.